The standard InChI is InChI=1S/C24H36O4/c1-6-20(27-22(26)23(4,5)7-2)17-21(25)28-24(16-12-11-13-18(24)3)19-14-9-8-10-15-19/h8-10,14-15,18,20H,6-7,11-13,16-17H2,1-5H3. The van der Waals surface area contributed by atoms with Crippen LogP contribution in [-0.2, 0) is 24.7 Å². The zero-order valence-corrected chi connectivity index (χ0v) is 18.1. The molecular formula is C24H36O4. The average molecular weight is 389 g/mol. The molecule has 0 heterocycles. The van der Waals surface area contributed by atoms with E-state index in [1.807, 2.05) is 45.9 Å². The van der Waals surface area contributed by atoms with Gasteiger partial charge < -0.3 is 9.47 Å². The number of hydrogen-bond acceptors (Lipinski definition) is 4. The molecule has 1 saturated carbocycles. The maximum Gasteiger partial charge on any atom is 0.311 e. The lowest BCUT2D eigenvalue weighted by atomic mass is 9.72. The SMILES string of the molecule is CCC(CC(=O)OC1(c2ccccc2)CCCCC1C)OC(=O)C(C)(C)CC. The van der Waals surface area contributed by atoms with E-state index in [-0.39, 0.29) is 24.3 Å². The van der Waals surface area contributed by atoms with E-state index in [1.165, 1.54) is 0 Å². The third-order valence-corrected chi connectivity index (χ3v) is 6.35. The molecule has 1 aliphatic carbocycles. The van der Waals surface area contributed by atoms with Crippen molar-refractivity contribution in [2.45, 2.75) is 91.3 Å². The Morgan fingerprint density at radius 2 is 1.86 bits per heavy atom. The van der Waals surface area contributed by atoms with Crippen LogP contribution in [0.25, 0.3) is 0 Å². The van der Waals surface area contributed by atoms with Crippen LogP contribution >= 0.6 is 0 Å². The van der Waals surface area contributed by atoms with Crippen molar-refractivity contribution in [3.8, 4) is 0 Å². The Morgan fingerprint density at radius 1 is 1.18 bits per heavy atom. The summed E-state index contributed by atoms with van der Waals surface area (Å²) in [5.74, 6) is -0.278. The Hall–Kier alpha value is -1.84. The maximum absolute atomic E-state index is 12.9. The van der Waals surface area contributed by atoms with Crippen molar-refractivity contribution in [1.82, 2.24) is 0 Å². The van der Waals surface area contributed by atoms with Crippen molar-refractivity contribution in [1.29, 1.82) is 0 Å². The van der Waals surface area contributed by atoms with Crippen LogP contribution in [0.3, 0.4) is 0 Å². The second-order valence-corrected chi connectivity index (χ2v) is 8.75. The predicted octanol–water partition coefficient (Wildman–Crippen LogP) is 5.78. The lowest BCUT2D eigenvalue weighted by Crippen LogP contribution is -2.42. The lowest BCUT2D eigenvalue weighted by Gasteiger charge is -2.42. The van der Waals surface area contributed by atoms with E-state index in [1.54, 1.807) is 0 Å². The van der Waals surface area contributed by atoms with Gasteiger partial charge in [-0.3, -0.25) is 9.59 Å². The Morgan fingerprint density at radius 3 is 2.43 bits per heavy atom. The van der Waals surface area contributed by atoms with Crippen LogP contribution in [0.15, 0.2) is 30.3 Å². The summed E-state index contributed by atoms with van der Waals surface area (Å²) in [5.41, 5.74) is -0.0603. The molecule has 0 amide bonds. The molecular weight excluding hydrogens is 352 g/mol. The summed E-state index contributed by atoms with van der Waals surface area (Å²) in [6.45, 7) is 9.80. The van der Waals surface area contributed by atoms with Gasteiger partial charge in [-0.15, -0.1) is 0 Å². The van der Waals surface area contributed by atoms with Crippen molar-refractivity contribution in [2.75, 3.05) is 0 Å². The summed E-state index contributed by atoms with van der Waals surface area (Å²) in [6.07, 6.45) is 5.03. The summed E-state index contributed by atoms with van der Waals surface area (Å²) in [7, 11) is 0. The molecule has 3 unspecified atom stereocenters. The minimum Gasteiger partial charge on any atom is -0.461 e. The first-order valence-corrected chi connectivity index (χ1v) is 10.7. The van der Waals surface area contributed by atoms with E-state index in [2.05, 4.69) is 19.1 Å². The smallest absolute Gasteiger partial charge is 0.311 e. The number of ether oxygens (including phenoxy) is 2. The molecule has 4 nitrogen and oxygen atoms in total. The molecule has 0 radical (unpaired) electrons. The highest BCUT2D eigenvalue weighted by molar-refractivity contribution is 5.77. The fourth-order valence-corrected chi connectivity index (χ4v) is 3.83. The van der Waals surface area contributed by atoms with Crippen LogP contribution in [-0.4, -0.2) is 18.0 Å². The Bertz CT molecular complexity index is 652. The van der Waals surface area contributed by atoms with Crippen LogP contribution in [0.1, 0.15) is 85.1 Å². The molecule has 1 aliphatic rings. The van der Waals surface area contributed by atoms with Gasteiger partial charge in [-0.2, -0.15) is 0 Å². The molecule has 0 aliphatic heterocycles. The largest absolute Gasteiger partial charge is 0.461 e. The summed E-state index contributed by atoms with van der Waals surface area (Å²) < 4.78 is 11.8. The van der Waals surface area contributed by atoms with Crippen molar-refractivity contribution >= 4 is 11.9 Å². The average Bonchev–Trinajstić information content (AvgIpc) is 2.69. The number of benzene rings is 1. The van der Waals surface area contributed by atoms with Gasteiger partial charge in [0.2, 0.25) is 0 Å². The molecule has 1 aromatic carbocycles. The van der Waals surface area contributed by atoms with Crippen LogP contribution in [0.5, 0.6) is 0 Å². The van der Waals surface area contributed by atoms with Gasteiger partial charge in [0.15, 0.2) is 0 Å². The molecule has 0 spiro atoms. The molecule has 0 aromatic heterocycles. The summed E-state index contributed by atoms with van der Waals surface area (Å²) in [6, 6.07) is 10.1. The fraction of sp³-hybridized carbons (Fsp3) is 0.667. The van der Waals surface area contributed by atoms with E-state index >= 15 is 0 Å². The second kappa shape index (κ2) is 9.58. The quantitative estimate of drug-likeness (QED) is 0.529. The Kier molecular flexibility index (Phi) is 7.68. The monoisotopic (exact) mass is 388 g/mol. The summed E-state index contributed by atoms with van der Waals surface area (Å²) >= 11 is 0. The van der Waals surface area contributed by atoms with E-state index in [0.717, 1.165) is 31.2 Å². The van der Waals surface area contributed by atoms with Gasteiger partial charge in [-0.05, 0) is 51.5 Å². The third-order valence-electron chi connectivity index (χ3n) is 6.35. The molecule has 0 N–H and O–H groups in total. The van der Waals surface area contributed by atoms with Gasteiger partial charge in [0.1, 0.15) is 11.7 Å². The Labute approximate surface area is 170 Å². The first-order chi connectivity index (χ1) is 13.2. The van der Waals surface area contributed by atoms with E-state index in [9.17, 15) is 9.59 Å². The maximum atomic E-state index is 12.9. The normalized spacial score (nSPS) is 23.7. The highest BCUT2D eigenvalue weighted by Crippen LogP contribution is 2.45. The van der Waals surface area contributed by atoms with Crippen LogP contribution in [0.2, 0.25) is 0 Å². The zero-order valence-electron chi connectivity index (χ0n) is 18.1. The number of carbonyl (C=O) groups excluding carboxylic acids is 2. The lowest BCUT2D eigenvalue weighted by molar-refractivity contribution is -0.178. The molecule has 156 valence electrons. The van der Waals surface area contributed by atoms with Crippen LogP contribution in [0.4, 0.5) is 0 Å². The van der Waals surface area contributed by atoms with Gasteiger partial charge in [0.25, 0.3) is 0 Å². The summed E-state index contributed by atoms with van der Waals surface area (Å²) in [4.78, 5) is 25.3. The van der Waals surface area contributed by atoms with Crippen molar-refractivity contribution in [3.05, 3.63) is 35.9 Å². The minimum absolute atomic E-state index is 0.101. The highest BCUT2D eigenvalue weighted by atomic mass is 16.6. The van der Waals surface area contributed by atoms with Gasteiger partial charge >= 0.3 is 11.9 Å². The number of rotatable bonds is 8. The fourth-order valence-electron chi connectivity index (χ4n) is 3.83. The van der Waals surface area contributed by atoms with Gasteiger partial charge in [-0.1, -0.05) is 57.5 Å². The second-order valence-electron chi connectivity index (χ2n) is 8.75. The number of esters is 2. The molecule has 1 aromatic rings. The predicted molar refractivity (Wildman–Crippen MR) is 111 cm³/mol. The molecule has 0 bridgehead atoms. The van der Waals surface area contributed by atoms with Crippen LogP contribution < -0.4 is 0 Å². The van der Waals surface area contributed by atoms with Gasteiger partial charge in [0.05, 0.1) is 11.8 Å². The topological polar surface area (TPSA) is 52.6 Å². The van der Waals surface area contributed by atoms with E-state index < -0.39 is 17.1 Å². The Balaban J connectivity index is 2.12. The molecule has 1 fully saturated rings. The van der Waals surface area contributed by atoms with E-state index in [0.29, 0.717) is 12.8 Å². The van der Waals surface area contributed by atoms with Crippen molar-refractivity contribution in [3.63, 3.8) is 0 Å². The number of hydrogen-bond donors (Lipinski definition) is 0. The summed E-state index contributed by atoms with van der Waals surface area (Å²) in [5, 5.41) is 0. The molecule has 2 rings (SSSR count). The van der Waals surface area contributed by atoms with Gasteiger partial charge in [-0.25, -0.2) is 0 Å². The zero-order chi connectivity index (χ0) is 20.8. The first-order valence-electron chi connectivity index (χ1n) is 10.7. The molecule has 3 atom stereocenters. The van der Waals surface area contributed by atoms with Gasteiger partial charge in [0, 0.05) is 5.92 Å². The number of carbonyl (C=O) groups is 2. The minimum atomic E-state index is -0.582. The van der Waals surface area contributed by atoms with Crippen LogP contribution in [0, 0.1) is 11.3 Å². The van der Waals surface area contributed by atoms with Crippen molar-refractivity contribution < 1.29 is 19.1 Å². The molecule has 28 heavy (non-hydrogen) atoms. The molecule has 4 heteroatoms. The van der Waals surface area contributed by atoms with E-state index in [4.69, 9.17) is 9.47 Å². The molecule has 0 saturated heterocycles. The first kappa shape index (κ1) is 22.4. The third kappa shape index (κ3) is 5.15. The van der Waals surface area contributed by atoms with Crippen molar-refractivity contribution in [2.24, 2.45) is 11.3 Å². The highest BCUT2D eigenvalue weighted by Gasteiger charge is 2.43.